The molecule has 0 unspecified atom stereocenters. The van der Waals surface area contributed by atoms with Crippen LogP contribution < -0.4 is 0 Å². The van der Waals surface area contributed by atoms with E-state index in [0.29, 0.717) is 5.41 Å². The molecule has 0 heterocycles. The number of hydrogen-bond donors (Lipinski definition) is 1. The summed E-state index contributed by atoms with van der Waals surface area (Å²) in [5, 5.41) is 8.43. The summed E-state index contributed by atoms with van der Waals surface area (Å²) in [5.74, 6) is -0.783. The predicted molar refractivity (Wildman–Crippen MR) is 41.2 cm³/mol. The Morgan fingerprint density at radius 2 is 2.09 bits per heavy atom. The smallest absolute Gasteiger partial charge is 0.328 e. The van der Waals surface area contributed by atoms with E-state index in [1.807, 2.05) is 0 Å². The zero-order valence-corrected chi connectivity index (χ0v) is 6.47. The van der Waals surface area contributed by atoms with E-state index >= 15 is 0 Å². The topological polar surface area (TPSA) is 37.3 Å². The fraction of sp³-hybridized carbons (Fsp3) is 0.667. The summed E-state index contributed by atoms with van der Waals surface area (Å²) in [6.07, 6.45) is 7.48. The zero-order valence-electron chi connectivity index (χ0n) is 6.47. The highest BCUT2D eigenvalue weighted by molar-refractivity contribution is 5.81. The summed E-state index contributed by atoms with van der Waals surface area (Å²) in [7, 11) is 0. The quantitative estimate of drug-likeness (QED) is 0.583. The fourth-order valence-corrected chi connectivity index (χ4v) is 2.22. The number of rotatable bonds is 1. The molecule has 60 valence electrons. The van der Waals surface area contributed by atoms with E-state index in [2.05, 4.69) is 0 Å². The van der Waals surface area contributed by atoms with Gasteiger partial charge in [-0.05, 0) is 31.1 Å². The molecule has 2 saturated carbocycles. The van der Waals surface area contributed by atoms with Crippen molar-refractivity contribution in [1.29, 1.82) is 0 Å². The molecule has 11 heavy (non-hydrogen) atoms. The Labute approximate surface area is 65.9 Å². The number of carboxylic acid groups (broad SMARTS) is 1. The van der Waals surface area contributed by atoms with Gasteiger partial charge in [0.15, 0.2) is 0 Å². The maximum absolute atomic E-state index is 10.2. The Bertz CT molecular complexity index is 214. The lowest BCUT2D eigenvalue weighted by atomic mass is 9.54. The SMILES string of the molecule is O=C(O)C=C1CC2(CCC2)C1. The summed E-state index contributed by atoms with van der Waals surface area (Å²) in [6, 6.07) is 0. The van der Waals surface area contributed by atoms with Gasteiger partial charge in [-0.3, -0.25) is 0 Å². The van der Waals surface area contributed by atoms with Gasteiger partial charge in [0.2, 0.25) is 0 Å². The molecule has 0 aromatic rings. The molecule has 0 amide bonds. The molecule has 1 N–H and O–H groups in total. The normalized spacial score (nSPS) is 25.6. The van der Waals surface area contributed by atoms with Crippen molar-refractivity contribution in [3.63, 3.8) is 0 Å². The third-order valence-electron chi connectivity index (χ3n) is 2.95. The Balaban J connectivity index is 1.92. The molecule has 2 heteroatoms. The number of carboxylic acids is 1. The van der Waals surface area contributed by atoms with Gasteiger partial charge in [0.05, 0.1) is 0 Å². The minimum Gasteiger partial charge on any atom is -0.478 e. The summed E-state index contributed by atoms with van der Waals surface area (Å²) in [6.45, 7) is 0. The molecule has 2 aliphatic carbocycles. The second kappa shape index (κ2) is 2.10. The van der Waals surface area contributed by atoms with E-state index in [1.165, 1.54) is 25.3 Å². The van der Waals surface area contributed by atoms with Crippen LogP contribution in [0.4, 0.5) is 0 Å². The van der Waals surface area contributed by atoms with E-state index in [1.54, 1.807) is 0 Å². The van der Waals surface area contributed by atoms with Gasteiger partial charge < -0.3 is 5.11 Å². The molecule has 0 aromatic carbocycles. The van der Waals surface area contributed by atoms with Crippen LogP contribution in [0.1, 0.15) is 32.1 Å². The van der Waals surface area contributed by atoms with Crippen molar-refractivity contribution >= 4 is 5.97 Å². The monoisotopic (exact) mass is 152 g/mol. The maximum atomic E-state index is 10.2. The average Bonchev–Trinajstić information content (AvgIpc) is 1.71. The summed E-state index contributed by atoms with van der Waals surface area (Å²) in [5.41, 5.74) is 1.71. The molecule has 2 aliphatic rings. The minimum absolute atomic E-state index is 0.571. The number of allylic oxidation sites excluding steroid dienone is 1. The predicted octanol–water partition coefficient (Wildman–Crippen LogP) is 1.96. The fourth-order valence-electron chi connectivity index (χ4n) is 2.22. The van der Waals surface area contributed by atoms with Crippen LogP contribution in [0.15, 0.2) is 11.6 Å². The van der Waals surface area contributed by atoms with Crippen LogP contribution >= 0.6 is 0 Å². The Morgan fingerprint density at radius 1 is 1.45 bits per heavy atom. The highest BCUT2D eigenvalue weighted by atomic mass is 16.4. The average molecular weight is 152 g/mol. The van der Waals surface area contributed by atoms with Crippen LogP contribution in [0.3, 0.4) is 0 Å². The molecular weight excluding hydrogens is 140 g/mol. The molecule has 0 atom stereocenters. The molecule has 0 aliphatic heterocycles. The van der Waals surface area contributed by atoms with Gasteiger partial charge in [0.1, 0.15) is 0 Å². The second-order valence-electron chi connectivity index (χ2n) is 3.85. The first-order valence-corrected chi connectivity index (χ1v) is 4.13. The van der Waals surface area contributed by atoms with Gasteiger partial charge in [0, 0.05) is 6.08 Å². The van der Waals surface area contributed by atoms with Gasteiger partial charge in [-0.2, -0.15) is 0 Å². The van der Waals surface area contributed by atoms with E-state index in [4.69, 9.17) is 5.11 Å². The highest BCUT2D eigenvalue weighted by Gasteiger charge is 2.45. The first-order chi connectivity index (χ1) is 5.20. The third-order valence-corrected chi connectivity index (χ3v) is 2.95. The molecular formula is C9H12O2. The minimum atomic E-state index is -0.783. The van der Waals surface area contributed by atoms with Crippen LogP contribution in [-0.2, 0) is 4.79 Å². The second-order valence-corrected chi connectivity index (χ2v) is 3.85. The number of hydrogen-bond acceptors (Lipinski definition) is 1. The molecule has 2 rings (SSSR count). The lowest BCUT2D eigenvalue weighted by Gasteiger charge is -2.51. The molecule has 0 saturated heterocycles. The van der Waals surface area contributed by atoms with Crippen LogP contribution in [0.25, 0.3) is 0 Å². The first-order valence-electron chi connectivity index (χ1n) is 4.13. The van der Waals surface area contributed by atoms with Crippen LogP contribution in [0.5, 0.6) is 0 Å². The summed E-state index contributed by atoms with van der Waals surface area (Å²) < 4.78 is 0. The summed E-state index contributed by atoms with van der Waals surface area (Å²) in [4.78, 5) is 10.2. The largest absolute Gasteiger partial charge is 0.478 e. The van der Waals surface area contributed by atoms with Crippen molar-refractivity contribution in [3.05, 3.63) is 11.6 Å². The molecule has 2 fully saturated rings. The van der Waals surface area contributed by atoms with E-state index in [0.717, 1.165) is 18.4 Å². The zero-order chi connectivity index (χ0) is 7.90. The molecule has 0 aromatic heterocycles. The Hall–Kier alpha value is -0.790. The van der Waals surface area contributed by atoms with Gasteiger partial charge in [-0.1, -0.05) is 12.0 Å². The third kappa shape index (κ3) is 1.06. The van der Waals surface area contributed by atoms with Crippen LogP contribution in [-0.4, -0.2) is 11.1 Å². The van der Waals surface area contributed by atoms with Gasteiger partial charge in [-0.25, -0.2) is 4.79 Å². The molecule has 2 nitrogen and oxygen atoms in total. The summed E-state index contributed by atoms with van der Waals surface area (Å²) >= 11 is 0. The van der Waals surface area contributed by atoms with Crippen molar-refractivity contribution in [2.45, 2.75) is 32.1 Å². The standard InChI is InChI=1S/C9H12O2/c10-8(11)4-7-5-9(6-7)2-1-3-9/h4H,1-3,5-6H2,(H,10,11). The van der Waals surface area contributed by atoms with E-state index in [9.17, 15) is 4.79 Å². The van der Waals surface area contributed by atoms with Crippen molar-refractivity contribution in [2.24, 2.45) is 5.41 Å². The lowest BCUT2D eigenvalue weighted by Crippen LogP contribution is -2.38. The van der Waals surface area contributed by atoms with Crippen molar-refractivity contribution in [3.8, 4) is 0 Å². The number of aliphatic carboxylic acids is 1. The van der Waals surface area contributed by atoms with Crippen molar-refractivity contribution in [1.82, 2.24) is 0 Å². The first kappa shape index (κ1) is 6.89. The van der Waals surface area contributed by atoms with E-state index in [-0.39, 0.29) is 0 Å². The van der Waals surface area contributed by atoms with Crippen molar-refractivity contribution < 1.29 is 9.90 Å². The molecule has 0 radical (unpaired) electrons. The Kier molecular flexibility index (Phi) is 1.31. The Morgan fingerprint density at radius 3 is 2.45 bits per heavy atom. The van der Waals surface area contributed by atoms with E-state index < -0.39 is 5.97 Å². The van der Waals surface area contributed by atoms with Gasteiger partial charge in [0.25, 0.3) is 0 Å². The molecule has 0 bridgehead atoms. The highest BCUT2D eigenvalue weighted by Crippen LogP contribution is 2.58. The van der Waals surface area contributed by atoms with Crippen LogP contribution in [0, 0.1) is 5.41 Å². The van der Waals surface area contributed by atoms with Crippen LogP contribution in [0.2, 0.25) is 0 Å². The lowest BCUT2D eigenvalue weighted by molar-refractivity contribution is -0.131. The maximum Gasteiger partial charge on any atom is 0.328 e. The van der Waals surface area contributed by atoms with Gasteiger partial charge in [-0.15, -0.1) is 0 Å². The van der Waals surface area contributed by atoms with Gasteiger partial charge >= 0.3 is 5.97 Å². The van der Waals surface area contributed by atoms with Crippen molar-refractivity contribution in [2.75, 3.05) is 0 Å². The molecule has 1 spiro atoms. The number of carbonyl (C=O) groups is 1.